The fourth-order valence-electron chi connectivity index (χ4n) is 0.556. The molecule has 0 aromatic rings. The van der Waals surface area contributed by atoms with E-state index in [1.807, 2.05) is 34.8 Å². The molecule has 0 fully saturated rings. The minimum Gasteiger partial charge on any atom is -0.219 e. The van der Waals surface area contributed by atoms with Crippen molar-refractivity contribution in [3.8, 4) is 0 Å². The molecule has 0 bridgehead atoms. The Morgan fingerprint density at radius 1 is 1.00 bits per heavy atom. The standard InChI is InChI=1S/C3H11B3S3/c4-7-1-3(9-6)2-8-5/h3H,1-2,4-6H2. The highest BCUT2D eigenvalue weighted by Crippen LogP contribution is 2.14. The third-order valence-electron chi connectivity index (χ3n) is 1.04. The first-order valence-electron chi connectivity index (χ1n) is 2.85. The van der Waals surface area contributed by atoms with Crippen molar-refractivity contribution in [2.75, 3.05) is 11.5 Å². The van der Waals surface area contributed by atoms with Crippen molar-refractivity contribution in [1.82, 2.24) is 0 Å². The lowest BCUT2D eigenvalue weighted by atomic mass is 10.5. The molecule has 0 amide bonds. The van der Waals surface area contributed by atoms with E-state index in [4.69, 9.17) is 0 Å². The maximum absolute atomic E-state index is 2.19. The second-order valence-electron chi connectivity index (χ2n) is 1.77. The minimum absolute atomic E-state index is 0.856. The van der Waals surface area contributed by atoms with Crippen molar-refractivity contribution >= 4 is 56.2 Å². The van der Waals surface area contributed by atoms with Gasteiger partial charge < -0.3 is 0 Å². The van der Waals surface area contributed by atoms with Gasteiger partial charge in [-0.05, 0) is 11.5 Å². The van der Waals surface area contributed by atoms with E-state index < -0.39 is 0 Å². The van der Waals surface area contributed by atoms with Gasteiger partial charge in [-0.2, -0.15) is 0 Å². The summed E-state index contributed by atoms with van der Waals surface area (Å²) in [6.45, 7) is 0. The molecule has 0 aliphatic heterocycles. The van der Waals surface area contributed by atoms with Crippen LogP contribution in [0.4, 0.5) is 0 Å². The average Bonchev–Trinajstić information content (AvgIpc) is 1.88. The Labute approximate surface area is 73.0 Å². The van der Waals surface area contributed by atoms with E-state index in [1.54, 1.807) is 0 Å². The second-order valence-corrected chi connectivity index (χ2v) is 4.73. The first kappa shape index (κ1) is 10.2. The van der Waals surface area contributed by atoms with Gasteiger partial charge in [0.1, 0.15) is 0 Å². The molecular formula is C3H11B3S3. The lowest BCUT2D eigenvalue weighted by Crippen LogP contribution is -2.08. The zero-order chi connectivity index (χ0) is 7.11. The summed E-state index contributed by atoms with van der Waals surface area (Å²) in [6.07, 6.45) is 0. The Morgan fingerprint density at radius 3 is 1.67 bits per heavy atom. The van der Waals surface area contributed by atoms with Gasteiger partial charge in [0.05, 0.1) is 0 Å². The molecule has 6 heteroatoms. The first-order chi connectivity index (χ1) is 4.35. The van der Waals surface area contributed by atoms with E-state index in [1.165, 1.54) is 11.5 Å². The van der Waals surface area contributed by atoms with E-state index in [0.717, 1.165) is 5.25 Å². The average molecular weight is 176 g/mol. The third kappa shape index (κ3) is 5.68. The first-order valence-corrected chi connectivity index (χ1v) is 6.93. The van der Waals surface area contributed by atoms with Gasteiger partial charge in [-0.25, -0.2) is 34.8 Å². The fraction of sp³-hybridized carbons (Fsp3) is 1.00. The van der Waals surface area contributed by atoms with Crippen molar-refractivity contribution < 1.29 is 0 Å². The van der Waals surface area contributed by atoms with Crippen LogP contribution in [0.25, 0.3) is 0 Å². The molecule has 0 saturated heterocycles. The summed E-state index contributed by atoms with van der Waals surface area (Å²) >= 11 is 5.86. The Bertz CT molecular complexity index is 56.3. The van der Waals surface area contributed by atoms with Crippen LogP contribution in [0.3, 0.4) is 0 Å². The van der Waals surface area contributed by atoms with Crippen LogP contribution in [0, 0.1) is 0 Å². The van der Waals surface area contributed by atoms with Gasteiger partial charge in [-0.1, -0.05) is 0 Å². The molecule has 0 nitrogen and oxygen atoms in total. The molecule has 9 heavy (non-hydrogen) atoms. The zero-order valence-electron chi connectivity index (χ0n) is 6.22. The van der Waals surface area contributed by atoms with Gasteiger partial charge >= 0.3 is 0 Å². The van der Waals surface area contributed by atoms with Crippen molar-refractivity contribution in [2.24, 2.45) is 0 Å². The Hall–Kier alpha value is 1.24. The van der Waals surface area contributed by atoms with Crippen LogP contribution in [-0.4, -0.2) is 38.1 Å². The highest BCUT2D eigenvalue weighted by atomic mass is 32.2. The second kappa shape index (κ2) is 7.35. The highest BCUT2D eigenvalue weighted by Gasteiger charge is 2.01. The van der Waals surface area contributed by atoms with Gasteiger partial charge in [0.2, 0.25) is 0 Å². The quantitative estimate of drug-likeness (QED) is 0.503. The molecule has 0 saturated carbocycles. The number of rotatable bonds is 5. The molecule has 0 aliphatic rings. The van der Waals surface area contributed by atoms with Gasteiger partial charge in [-0.15, -0.1) is 0 Å². The van der Waals surface area contributed by atoms with Crippen molar-refractivity contribution in [1.29, 1.82) is 0 Å². The van der Waals surface area contributed by atoms with Crippen LogP contribution < -0.4 is 0 Å². The molecule has 0 heterocycles. The van der Waals surface area contributed by atoms with E-state index in [2.05, 4.69) is 21.4 Å². The van der Waals surface area contributed by atoms with E-state index >= 15 is 0 Å². The summed E-state index contributed by atoms with van der Waals surface area (Å²) in [7, 11) is 6.53. The minimum atomic E-state index is 0.856. The maximum atomic E-state index is 2.19. The van der Waals surface area contributed by atoms with Crippen LogP contribution in [0.5, 0.6) is 0 Å². The van der Waals surface area contributed by atoms with Gasteiger partial charge in [0, 0.05) is 5.25 Å². The molecule has 0 aromatic carbocycles. The summed E-state index contributed by atoms with van der Waals surface area (Å²) in [5.74, 6) is 2.59. The SMILES string of the molecule is BSCC(CSB)SB. The van der Waals surface area contributed by atoms with E-state index in [-0.39, 0.29) is 0 Å². The maximum Gasteiger partial charge on any atom is 0.174 e. The van der Waals surface area contributed by atoms with Crippen LogP contribution in [0.15, 0.2) is 0 Å². The number of hydrogen-bond donors (Lipinski definition) is 0. The molecule has 0 aliphatic carbocycles. The van der Waals surface area contributed by atoms with Crippen molar-refractivity contribution in [3.05, 3.63) is 0 Å². The summed E-state index contributed by atoms with van der Waals surface area (Å²) in [5.41, 5.74) is 0. The lowest BCUT2D eigenvalue weighted by molar-refractivity contribution is 1.17. The summed E-state index contributed by atoms with van der Waals surface area (Å²) < 4.78 is 0. The Balaban J connectivity index is 3.18. The molecule has 0 aromatic heterocycles. The predicted octanol–water partition coefficient (Wildman–Crippen LogP) is -0.801. The van der Waals surface area contributed by atoms with Crippen LogP contribution in [0.2, 0.25) is 0 Å². The van der Waals surface area contributed by atoms with Gasteiger partial charge in [0.15, 0.2) is 21.4 Å². The molecule has 50 valence electrons. The van der Waals surface area contributed by atoms with Crippen LogP contribution in [-0.2, 0) is 0 Å². The van der Waals surface area contributed by atoms with Crippen LogP contribution in [0.1, 0.15) is 0 Å². The van der Waals surface area contributed by atoms with E-state index in [9.17, 15) is 0 Å². The van der Waals surface area contributed by atoms with Gasteiger partial charge in [-0.3, -0.25) is 0 Å². The smallest absolute Gasteiger partial charge is 0.174 e. The van der Waals surface area contributed by atoms with Gasteiger partial charge in [0.25, 0.3) is 0 Å². The largest absolute Gasteiger partial charge is 0.219 e. The molecule has 0 rings (SSSR count). The normalized spacial score (nSPS) is 10.3. The molecule has 0 radical (unpaired) electrons. The summed E-state index contributed by atoms with van der Waals surface area (Å²) in [5, 5.41) is 0.856. The van der Waals surface area contributed by atoms with Crippen molar-refractivity contribution in [3.63, 3.8) is 0 Å². The monoisotopic (exact) mass is 176 g/mol. The fourth-order valence-corrected chi connectivity index (χ4v) is 3.59. The van der Waals surface area contributed by atoms with E-state index in [0.29, 0.717) is 0 Å². The molecule has 0 atom stereocenters. The summed E-state index contributed by atoms with van der Waals surface area (Å²) in [4.78, 5) is 0. The highest BCUT2D eigenvalue weighted by molar-refractivity contribution is 8.24. The Kier molecular flexibility index (Phi) is 8.37. The molecule has 0 N–H and O–H groups in total. The van der Waals surface area contributed by atoms with Crippen molar-refractivity contribution in [2.45, 2.75) is 5.25 Å². The van der Waals surface area contributed by atoms with Crippen LogP contribution >= 0.6 is 34.8 Å². The predicted molar refractivity (Wildman–Crippen MR) is 61.9 cm³/mol. The molecule has 0 unspecified atom stereocenters. The number of hydrogen-bond acceptors (Lipinski definition) is 3. The topological polar surface area (TPSA) is 0 Å². The molecular weight excluding hydrogens is 165 g/mol. The molecule has 0 spiro atoms. The zero-order valence-corrected chi connectivity index (χ0v) is 8.67. The third-order valence-corrected chi connectivity index (χ3v) is 3.93. The lowest BCUT2D eigenvalue weighted by Gasteiger charge is -2.10. The summed E-state index contributed by atoms with van der Waals surface area (Å²) in [6, 6.07) is 0. The Morgan fingerprint density at radius 2 is 1.44 bits per heavy atom.